The molecule has 0 saturated heterocycles. The molecule has 0 aliphatic heterocycles. The van der Waals surface area contributed by atoms with Crippen LogP contribution in [0.4, 0.5) is 24.5 Å². The first-order valence-electron chi connectivity index (χ1n) is 11.2. The molecule has 3 amide bonds. The zero-order valence-electron chi connectivity index (χ0n) is 19.9. The van der Waals surface area contributed by atoms with E-state index in [-0.39, 0.29) is 17.2 Å². The molecule has 0 aliphatic carbocycles. The number of aryl methyl sites for hydroxylation is 1. The Bertz CT molecular complexity index is 1250. The fourth-order valence-corrected chi connectivity index (χ4v) is 3.40. The van der Waals surface area contributed by atoms with E-state index in [4.69, 9.17) is 0 Å². The Morgan fingerprint density at radius 3 is 1.97 bits per heavy atom. The van der Waals surface area contributed by atoms with Gasteiger partial charge in [0, 0.05) is 22.5 Å². The van der Waals surface area contributed by atoms with Crippen molar-refractivity contribution in [2.45, 2.75) is 33.0 Å². The highest BCUT2D eigenvalue weighted by atomic mass is 19.4. The standard InChI is InChI=1S/C27H26F3N3O3/c1-16(2)23(33-24(34)18-12-10-17(3)11-13-18)26(36)32-21-8-4-6-19(14-21)25(35)31-22-9-5-7-20(15-22)27(28,29)30/h4-16,23H,1-3H3,(H,31,35)(H,32,36)(H,33,34)/t23-/m0/s1. The van der Waals surface area contributed by atoms with Crippen LogP contribution in [0, 0.1) is 12.8 Å². The van der Waals surface area contributed by atoms with Gasteiger partial charge in [0.05, 0.1) is 5.56 Å². The Labute approximate surface area is 206 Å². The lowest BCUT2D eigenvalue weighted by molar-refractivity contribution is -0.137. The van der Waals surface area contributed by atoms with E-state index in [1.54, 1.807) is 44.2 Å². The fourth-order valence-electron chi connectivity index (χ4n) is 3.40. The largest absolute Gasteiger partial charge is 0.416 e. The maximum absolute atomic E-state index is 12.9. The van der Waals surface area contributed by atoms with Crippen LogP contribution in [0.1, 0.15) is 45.7 Å². The second-order valence-corrected chi connectivity index (χ2v) is 8.66. The van der Waals surface area contributed by atoms with Crippen molar-refractivity contribution in [1.82, 2.24) is 5.32 Å². The van der Waals surface area contributed by atoms with Crippen LogP contribution in [0.2, 0.25) is 0 Å². The molecule has 188 valence electrons. The number of carbonyl (C=O) groups excluding carboxylic acids is 3. The molecule has 0 saturated carbocycles. The molecular weight excluding hydrogens is 471 g/mol. The second kappa shape index (κ2) is 11.1. The van der Waals surface area contributed by atoms with Crippen LogP contribution in [0.5, 0.6) is 0 Å². The van der Waals surface area contributed by atoms with Crippen molar-refractivity contribution in [3.05, 3.63) is 95.1 Å². The summed E-state index contributed by atoms with van der Waals surface area (Å²) in [6.07, 6.45) is -4.53. The van der Waals surface area contributed by atoms with E-state index >= 15 is 0 Å². The summed E-state index contributed by atoms with van der Waals surface area (Å²) in [4.78, 5) is 38.2. The smallest absolute Gasteiger partial charge is 0.340 e. The van der Waals surface area contributed by atoms with Gasteiger partial charge in [-0.2, -0.15) is 13.2 Å². The van der Waals surface area contributed by atoms with Gasteiger partial charge in [0.2, 0.25) is 5.91 Å². The van der Waals surface area contributed by atoms with Gasteiger partial charge in [-0.1, -0.05) is 43.7 Å². The van der Waals surface area contributed by atoms with Gasteiger partial charge >= 0.3 is 6.18 Å². The highest BCUT2D eigenvalue weighted by Crippen LogP contribution is 2.30. The molecule has 3 aromatic rings. The monoisotopic (exact) mass is 497 g/mol. The van der Waals surface area contributed by atoms with Gasteiger partial charge in [-0.25, -0.2) is 0 Å². The van der Waals surface area contributed by atoms with Crippen LogP contribution in [0.15, 0.2) is 72.8 Å². The number of halogens is 3. The van der Waals surface area contributed by atoms with E-state index in [0.29, 0.717) is 11.3 Å². The van der Waals surface area contributed by atoms with E-state index < -0.39 is 35.5 Å². The van der Waals surface area contributed by atoms with Crippen molar-refractivity contribution in [3.63, 3.8) is 0 Å². The Balaban J connectivity index is 1.70. The summed E-state index contributed by atoms with van der Waals surface area (Å²) in [5.41, 5.74) is 0.965. The van der Waals surface area contributed by atoms with Gasteiger partial charge in [-0.3, -0.25) is 14.4 Å². The van der Waals surface area contributed by atoms with E-state index in [1.165, 1.54) is 30.3 Å². The van der Waals surface area contributed by atoms with Crippen molar-refractivity contribution < 1.29 is 27.6 Å². The SMILES string of the molecule is Cc1ccc(C(=O)N[C@H](C(=O)Nc2cccc(C(=O)Nc3cccc(C(F)(F)F)c3)c2)C(C)C)cc1. The van der Waals surface area contributed by atoms with Crippen LogP contribution < -0.4 is 16.0 Å². The third kappa shape index (κ3) is 6.94. The van der Waals surface area contributed by atoms with Crippen LogP contribution in [-0.2, 0) is 11.0 Å². The zero-order chi connectivity index (χ0) is 26.5. The van der Waals surface area contributed by atoms with Gasteiger partial charge < -0.3 is 16.0 Å². The first-order chi connectivity index (χ1) is 16.9. The van der Waals surface area contributed by atoms with Gasteiger partial charge in [-0.15, -0.1) is 0 Å². The molecule has 0 bridgehead atoms. The Morgan fingerprint density at radius 1 is 0.750 bits per heavy atom. The number of anilines is 2. The molecule has 3 N–H and O–H groups in total. The summed E-state index contributed by atoms with van der Waals surface area (Å²) < 4.78 is 38.8. The minimum Gasteiger partial charge on any atom is -0.340 e. The predicted molar refractivity (Wildman–Crippen MR) is 132 cm³/mol. The molecule has 0 heterocycles. The van der Waals surface area contributed by atoms with Gasteiger partial charge in [0.15, 0.2) is 0 Å². The third-order valence-electron chi connectivity index (χ3n) is 5.39. The third-order valence-corrected chi connectivity index (χ3v) is 5.39. The Hall–Kier alpha value is -4.14. The average Bonchev–Trinajstić information content (AvgIpc) is 2.82. The lowest BCUT2D eigenvalue weighted by Crippen LogP contribution is -2.47. The number of hydrogen-bond acceptors (Lipinski definition) is 3. The second-order valence-electron chi connectivity index (χ2n) is 8.66. The van der Waals surface area contributed by atoms with E-state index in [9.17, 15) is 27.6 Å². The number of carbonyl (C=O) groups is 3. The molecule has 3 aromatic carbocycles. The quantitative estimate of drug-likeness (QED) is 0.394. The molecule has 0 fully saturated rings. The Kier molecular flexibility index (Phi) is 8.14. The molecule has 3 rings (SSSR count). The summed E-state index contributed by atoms with van der Waals surface area (Å²) in [5, 5.41) is 7.86. The molecule has 9 heteroatoms. The van der Waals surface area contributed by atoms with Crippen molar-refractivity contribution in [1.29, 1.82) is 0 Å². The lowest BCUT2D eigenvalue weighted by atomic mass is 10.0. The van der Waals surface area contributed by atoms with Crippen LogP contribution >= 0.6 is 0 Å². The van der Waals surface area contributed by atoms with Crippen LogP contribution in [0.25, 0.3) is 0 Å². The number of alkyl halides is 3. The summed E-state index contributed by atoms with van der Waals surface area (Å²) in [5.74, 6) is -1.73. The maximum Gasteiger partial charge on any atom is 0.416 e. The molecule has 0 radical (unpaired) electrons. The maximum atomic E-state index is 12.9. The Morgan fingerprint density at radius 2 is 1.36 bits per heavy atom. The summed E-state index contributed by atoms with van der Waals surface area (Å²) in [6.45, 7) is 5.48. The topological polar surface area (TPSA) is 87.3 Å². The number of benzene rings is 3. The van der Waals surface area contributed by atoms with E-state index in [2.05, 4.69) is 16.0 Å². The highest BCUT2D eigenvalue weighted by molar-refractivity contribution is 6.06. The molecule has 0 unspecified atom stereocenters. The molecule has 0 spiro atoms. The minimum atomic E-state index is -4.53. The fraction of sp³-hybridized carbons (Fsp3) is 0.222. The van der Waals surface area contributed by atoms with E-state index in [1.807, 2.05) is 6.92 Å². The molecular formula is C27H26F3N3O3. The van der Waals surface area contributed by atoms with Gasteiger partial charge in [-0.05, 0) is 61.4 Å². The van der Waals surface area contributed by atoms with Crippen molar-refractivity contribution >= 4 is 29.1 Å². The number of hydrogen-bond donors (Lipinski definition) is 3. The highest BCUT2D eigenvalue weighted by Gasteiger charge is 2.30. The first kappa shape index (κ1) is 26.5. The van der Waals surface area contributed by atoms with Crippen molar-refractivity contribution in [2.75, 3.05) is 10.6 Å². The lowest BCUT2D eigenvalue weighted by Gasteiger charge is -2.22. The molecule has 6 nitrogen and oxygen atoms in total. The summed E-state index contributed by atoms with van der Waals surface area (Å²) in [6, 6.07) is 16.4. The van der Waals surface area contributed by atoms with Crippen LogP contribution in [-0.4, -0.2) is 23.8 Å². The predicted octanol–water partition coefficient (Wildman–Crippen LogP) is 5.66. The van der Waals surface area contributed by atoms with Crippen molar-refractivity contribution in [3.8, 4) is 0 Å². The molecule has 0 aliphatic rings. The molecule has 36 heavy (non-hydrogen) atoms. The first-order valence-corrected chi connectivity index (χ1v) is 11.2. The normalized spacial score (nSPS) is 12.1. The average molecular weight is 498 g/mol. The van der Waals surface area contributed by atoms with Gasteiger partial charge in [0.1, 0.15) is 6.04 Å². The molecule has 0 aromatic heterocycles. The number of nitrogens with one attached hydrogen (secondary N) is 3. The van der Waals surface area contributed by atoms with Gasteiger partial charge in [0.25, 0.3) is 11.8 Å². The minimum absolute atomic E-state index is 0.0112. The zero-order valence-corrected chi connectivity index (χ0v) is 19.9. The molecule has 1 atom stereocenters. The number of amides is 3. The summed E-state index contributed by atoms with van der Waals surface area (Å²) >= 11 is 0. The van der Waals surface area contributed by atoms with E-state index in [0.717, 1.165) is 17.7 Å². The summed E-state index contributed by atoms with van der Waals surface area (Å²) in [7, 11) is 0. The number of rotatable bonds is 7. The van der Waals surface area contributed by atoms with Crippen LogP contribution in [0.3, 0.4) is 0 Å². The van der Waals surface area contributed by atoms with Crippen molar-refractivity contribution in [2.24, 2.45) is 5.92 Å².